The van der Waals surface area contributed by atoms with Gasteiger partial charge in [-0.2, -0.15) is 0 Å². The maximum atomic E-state index is 14.9. The maximum absolute atomic E-state index is 14.9. The third-order valence-electron chi connectivity index (χ3n) is 6.14. The van der Waals surface area contributed by atoms with Crippen molar-refractivity contribution < 1.29 is 26.4 Å². The Balaban J connectivity index is 1.74. The summed E-state index contributed by atoms with van der Waals surface area (Å²) in [5.74, 6) is -2.46. The minimum Gasteiger partial charge on any atom is -0.422 e. The molecule has 5 rings (SSSR count). The van der Waals surface area contributed by atoms with Gasteiger partial charge in [-0.25, -0.2) is 27.2 Å². The molecule has 5 aromatic rings. The zero-order chi connectivity index (χ0) is 29.8. The van der Waals surface area contributed by atoms with Crippen molar-refractivity contribution in [3.8, 4) is 0 Å². The lowest BCUT2D eigenvalue weighted by Gasteiger charge is -2.15. The van der Waals surface area contributed by atoms with Crippen molar-refractivity contribution in [2.45, 2.75) is 21.1 Å². The average molecular weight is 609 g/mol. The van der Waals surface area contributed by atoms with Gasteiger partial charge in [0.1, 0.15) is 35.3 Å². The van der Waals surface area contributed by atoms with Crippen LogP contribution in [0.15, 0.2) is 135 Å². The van der Waals surface area contributed by atoms with Crippen LogP contribution in [0.2, 0.25) is 0 Å². The molecule has 0 atom stereocenters. The summed E-state index contributed by atoms with van der Waals surface area (Å²) in [6.07, 6.45) is 3.08. The van der Waals surface area contributed by atoms with E-state index in [0.717, 1.165) is 41.7 Å². The van der Waals surface area contributed by atoms with E-state index in [0.29, 0.717) is 15.7 Å². The number of para-hydroxylation sites is 2. The van der Waals surface area contributed by atoms with Crippen LogP contribution in [-0.4, -0.2) is 6.67 Å². The SMILES string of the molecule is C=C/C=C(Sc1c(Cc2c(Sc3ccc(F)cc3F)c3ccccc3oc2=O)c(=O)oc2ccccc12)\C(F)=C/CF. The van der Waals surface area contributed by atoms with Gasteiger partial charge < -0.3 is 8.83 Å². The third kappa shape index (κ3) is 6.00. The van der Waals surface area contributed by atoms with Gasteiger partial charge in [0.25, 0.3) is 0 Å². The van der Waals surface area contributed by atoms with Crippen LogP contribution in [0.1, 0.15) is 11.1 Å². The fraction of sp³-hybridized carbons (Fsp3) is 0.0625. The van der Waals surface area contributed by atoms with Crippen molar-refractivity contribution in [3.05, 3.63) is 146 Å². The van der Waals surface area contributed by atoms with E-state index in [4.69, 9.17) is 8.83 Å². The zero-order valence-electron chi connectivity index (χ0n) is 21.7. The summed E-state index contributed by atoms with van der Waals surface area (Å²) in [5, 5.41) is 0.911. The number of hydrogen-bond donors (Lipinski definition) is 0. The predicted molar refractivity (Wildman–Crippen MR) is 158 cm³/mol. The molecule has 0 fully saturated rings. The summed E-state index contributed by atoms with van der Waals surface area (Å²) in [4.78, 5) is 27.4. The van der Waals surface area contributed by atoms with E-state index in [1.54, 1.807) is 48.5 Å². The topological polar surface area (TPSA) is 60.4 Å². The van der Waals surface area contributed by atoms with E-state index < -0.39 is 35.4 Å². The van der Waals surface area contributed by atoms with Crippen LogP contribution in [0.3, 0.4) is 0 Å². The van der Waals surface area contributed by atoms with Gasteiger partial charge in [-0.05, 0) is 36.4 Å². The van der Waals surface area contributed by atoms with Crippen LogP contribution in [0.25, 0.3) is 21.9 Å². The standard InChI is InChI=1S/C32H20F4O4S2/c1-2-7-27(23(35)14-15-33)41-29-19-8-3-5-10-25(19)39-31(37)21(29)17-22-30(42-28-13-12-18(34)16-24(28)36)20-9-4-6-11-26(20)40-32(22)38/h2-14,16H,1,15,17H2/b23-14+,27-7+. The highest BCUT2D eigenvalue weighted by molar-refractivity contribution is 8.03. The van der Waals surface area contributed by atoms with Gasteiger partial charge in [0, 0.05) is 42.9 Å². The van der Waals surface area contributed by atoms with Crippen molar-refractivity contribution in [2.24, 2.45) is 0 Å². The second-order valence-electron chi connectivity index (χ2n) is 8.82. The molecule has 0 radical (unpaired) electrons. The Hall–Kier alpha value is -4.28. The van der Waals surface area contributed by atoms with Crippen LogP contribution < -0.4 is 11.3 Å². The summed E-state index contributed by atoms with van der Waals surface area (Å²) in [7, 11) is 0. The first-order valence-corrected chi connectivity index (χ1v) is 14.1. The van der Waals surface area contributed by atoms with Crippen LogP contribution in [-0.2, 0) is 6.42 Å². The molecule has 42 heavy (non-hydrogen) atoms. The Morgan fingerprint density at radius 1 is 0.857 bits per heavy atom. The smallest absolute Gasteiger partial charge is 0.340 e. The molecule has 212 valence electrons. The minimum absolute atomic E-state index is 0.00530. The van der Waals surface area contributed by atoms with Gasteiger partial charge in [-0.3, -0.25) is 0 Å². The molecule has 0 amide bonds. The van der Waals surface area contributed by atoms with E-state index >= 15 is 0 Å². The minimum atomic E-state index is -1.05. The number of alkyl halides is 1. The second-order valence-corrected chi connectivity index (χ2v) is 10.9. The number of hydrogen-bond acceptors (Lipinski definition) is 6. The van der Waals surface area contributed by atoms with Gasteiger partial charge in [-0.15, -0.1) is 0 Å². The molecular formula is C32H20F4O4S2. The molecule has 0 saturated heterocycles. The number of fused-ring (bicyclic) bond motifs is 2. The summed E-state index contributed by atoms with van der Waals surface area (Å²) in [5.41, 5.74) is -1.11. The molecule has 0 aliphatic rings. The van der Waals surface area contributed by atoms with Gasteiger partial charge >= 0.3 is 11.3 Å². The number of rotatable bonds is 9. The van der Waals surface area contributed by atoms with E-state index in [9.17, 15) is 27.2 Å². The lowest BCUT2D eigenvalue weighted by Crippen LogP contribution is -2.16. The van der Waals surface area contributed by atoms with Crippen molar-refractivity contribution >= 4 is 45.5 Å². The monoisotopic (exact) mass is 608 g/mol. The largest absolute Gasteiger partial charge is 0.422 e. The first-order chi connectivity index (χ1) is 20.3. The fourth-order valence-electron chi connectivity index (χ4n) is 4.25. The van der Waals surface area contributed by atoms with E-state index in [-0.39, 0.29) is 43.4 Å². The number of benzene rings is 3. The summed E-state index contributed by atoms with van der Waals surface area (Å²) in [6, 6.07) is 16.3. The Morgan fingerprint density at radius 2 is 1.45 bits per heavy atom. The Morgan fingerprint density at radius 3 is 2.05 bits per heavy atom. The fourth-order valence-corrected chi connectivity index (χ4v) is 6.44. The first kappa shape index (κ1) is 29.2. The van der Waals surface area contributed by atoms with Crippen LogP contribution in [0.5, 0.6) is 0 Å². The molecule has 0 unspecified atom stereocenters. The molecule has 3 aromatic carbocycles. The van der Waals surface area contributed by atoms with Gasteiger partial charge in [0.05, 0.1) is 11.1 Å². The first-order valence-electron chi connectivity index (χ1n) is 12.5. The lowest BCUT2D eigenvalue weighted by atomic mass is 10.0. The van der Waals surface area contributed by atoms with Crippen molar-refractivity contribution in [2.75, 3.05) is 6.67 Å². The molecule has 0 saturated carbocycles. The summed E-state index contributed by atoms with van der Waals surface area (Å²) >= 11 is 1.74. The van der Waals surface area contributed by atoms with Crippen LogP contribution in [0.4, 0.5) is 17.6 Å². The maximum Gasteiger partial charge on any atom is 0.340 e. The molecule has 2 aromatic heterocycles. The highest BCUT2D eigenvalue weighted by Gasteiger charge is 2.24. The Kier molecular flexibility index (Phi) is 8.84. The van der Waals surface area contributed by atoms with Gasteiger partial charge in [0.15, 0.2) is 0 Å². The van der Waals surface area contributed by atoms with E-state index in [1.165, 1.54) is 18.2 Å². The summed E-state index contributed by atoms with van der Waals surface area (Å²) in [6.45, 7) is 2.54. The van der Waals surface area contributed by atoms with Crippen LogP contribution in [0, 0.1) is 11.6 Å². The van der Waals surface area contributed by atoms with Crippen molar-refractivity contribution in [1.29, 1.82) is 0 Å². The predicted octanol–water partition coefficient (Wildman–Crippen LogP) is 8.90. The van der Waals surface area contributed by atoms with Gasteiger partial charge in [0.2, 0.25) is 0 Å². The summed E-state index contributed by atoms with van der Waals surface area (Å²) < 4.78 is 67.3. The molecule has 0 bridgehead atoms. The molecule has 0 aliphatic heterocycles. The lowest BCUT2D eigenvalue weighted by molar-refractivity contribution is 0.536. The highest BCUT2D eigenvalue weighted by atomic mass is 32.2. The Labute approximate surface area is 245 Å². The molecule has 10 heteroatoms. The number of allylic oxidation sites excluding steroid dienone is 4. The highest BCUT2D eigenvalue weighted by Crippen LogP contribution is 2.41. The number of halogens is 4. The van der Waals surface area contributed by atoms with Crippen molar-refractivity contribution in [1.82, 2.24) is 0 Å². The molecule has 4 nitrogen and oxygen atoms in total. The molecule has 2 heterocycles. The molecule has 0 spiro atoms. The van der Waals surface area contributed by atoms with E-state index in [2.05, 4.69) is 6.58 Å². The normalized spacial score (nSPS) is 12.3. The quantitative estimate of drug-likeness (QED) is 0.0721. The van der Waals surface area contributed by atoms with Gasteiger partial charge in [-0.1, -0.05) is 72.6 Å². The molecule has 0 N–H and O–H groups in total. The average Bonchev–Trinajstić information content (AvgIpc) is 2.97. The van der Waals surface area contributed by atoms with Crippen LogP contribution >= 0.6 is 23.5 Å². The zero-order valence-corrected chi connectivity index (χ0v) is 23.3. The second kappa shape index (κ2) is 12.7. The molecular weight excluding hydrogens is 588 g/mol. The van der Waals surface area contributed by atoms with E-state index in [1.807, 2.05) is 0 Å². The molecule has 0 aliphatic carbocycles. The Bertz CT molecular complexity index is 2010. The number of thioether (sulfide) groups is 1. The van der Waals surface area contributed by atoms with Crippen molar-refractivity contribution in [3.63, 3.8) is 0 Å². The third-order valence-corrected chi connectivity index (χ3v) is 8.59.